The summed E-state index contributed by atoms with van der Waals surface area (Å²) in [6.45, 7) is 5.34. The number of benzene rings is 2. The molecule has 2 N–H and O–H groups in total. The van der Waals surface area contributed by atoms with Crippen LogP contribution in [0.1, 0.15) is 5.56 Å². The fourth-order valence-corrected chi connectivity index (χ4v) is 5.54. The number of amides is 1. The number of carbonyl (C=O) groups is 1. The van der Waals surface area contributed by atoms with Gasteiger partial charge in [0.2, 0.25) is 0 Å². The first-order valence-electron chi connectivity index (χ1n) is 13.2. The van der Waals surface area contributed by atoms with Gasteiger partial charge in [0, 0.05) is 75.1 Å². The second kappa shape index (κ2) is 13.5. The number of aliphatic hydroxyl groups is 1. The van der Waals surface area contributed by atoms with Gasteiger partial charge in [-0.15, -0.1) is 0 Å². The number of carbonyl (C=O) groups excluding carboxylic acids is 1. The van der Waals surface area contributed by atoms with Crippen molar-refractivity contribution in [2.75, 3.05) is 58.9 Å². The van der Waals surface area contributed by atoms with Crippen LogP contribution in [0.4, 0.5) is 10.6 Å². The van der Waals surface area contributed by atoms with Crippen molar-refractivity contribution in [2.45, 2.75) is 6.54 Å². The molecule has 2 aromatic heterocycles. The summed E-state index contributed by atoms with van der Waals surface area (Å²) in [5, 5.41) is 12.3. The summed E-state index contributed by atoms with van der Waals surface area (Å²) in [5.41, 5.74) is 2.80. The third kappa shape index (κ3) is 6.50. The Morgan fingerprint density at radius 1 is 0.905 bits per heavy atom. The van der Waals surface area contributed by atoms with E-state index >= 15 is 0 Å². The molecular weight excluding hydrogens is 583 g/mol. The largest absolute Gasteiger partial charge is 0.495 e. The topological polar surface area (TPSA) is 122 Å². The summed E-state index contributed by atoms with van der Waals surface area (Å²) in [6.07, 6.45) is 4.03. The molecule has 3 heterocycles. The van der Waals surface area contributed by atoms with Gasteiger partial charge in [0.25, 0.3) is 0 Å². The predicted molar refractivity (Wildman–Crippen MR) is 161 cm³/mol. The van der Waals surface area contributed by atoms with Crippen molar-refractivity contribution < 1.29 is 24.1 Å². The van der Waals surface area contributed by atoms with Gasteiger partial charge in [-0.1, -0.05) is 29.3 Å². The van der Waals surface area contributed by atoms with Crippen LogP contribution in [0.3, 0.4) is 0 Å². The van der Waals surface area contributed by atoms with Crippen molar-refractivity contribution in [2.24, 2.45) is 0 Å². The van der Waals surface area contributed by atoms with Gasteiger partial charge in [0.05, 0.1) is 30.9 Å². The van der Waals surface area contributed by atoms with E-state index in [1.807, 2.05) is 6.07 Å². The highest BCUT2D eigenvalue weighted by Gasteiger charge is 2.23. The lowest BCUT2D eigenvalue weighted by Crippen LogP contribution is -2.46. The maximum absolute atomic E-state index is 12.8. The van der Waals surface area contributed by atoms with Crippen LogP contribution in [0.25, 0.3) is 22.2 Å². The number of aromatic nitrogens is 3. The van der Waals surface area contributed by atoms with Crippen molar-refractivity contribution in [3.05, 3.63) is 64.5 Å². The number of anilines is 1. The molecule has 0 bridgehead atoms. The zero-order valence-electron chi connectivity index (χ0n) is 23.1. The monoisotopic (exact) mass is 612 g/mol. The lowest BCUT2D eigenvalue weighted by atomic mass is 10.0. The van der Waals surface area contributed by atoms with Crippen LogP contribution in [-0.2, 0) is 6.54 Å². The van der Waals surface area contributed by atoms with Gasteiger partial charge in [-0.25, -0.2) is 14.8 Å². The molecule has 0 aliphatic carbocycles. The quantitative estimate of drug-likeness (QED) is 0.274. The molecular formula is C29H30Cl2N6O5. The van der Waals surface area contributed by atoms with Gasteiger partial charge in [0.15, 0.2) is 5.75 Å². The molecule has 0 spiro atoms. The third-order valence-electron chi connectivity index (χ3n) is 6.98. The molecule has 1 aliphatic rings. The van der Waals surface area contributed by atoms with E-state index in [1.54, 1.807) is 30.5 Å². The fourth-order valence-electron chi connectivity index (χ4n) is 4.83. The number of pyridine rings is 1. The molecule has 11 nitrogen and oxygen atoms in total. The van der Waals surface area contributed by atoms with Crippen LogP contribution in [0, 0.1) is 0 Å². The van der Waals surface area contributed by atoms with Crippen molar-refractivity contribution in [3.63, 3.8) is 0 Å². The molecule has 42 heavy (non-hydrogen) atoms. The lowest BCUT2D eigenvalue weighted by molar-refractivity contribution is 0.108. The molecule has 13 heteroatoms. The van der Waals surface area contributed by atoms with Crippen LogP contribution >= 0.6 is 23.2 Å². The summed E-state index contributed by atoms with van der Waals surface area (Å²) in [5.74, 6) is 1.30. The van der Waals surface area contributed by atoms with E-state index in [0.29, 0.717) is 46.0 Å². The van der Waals surface area contributed by atoms with E-state index in [2.05, 4.69) is 30.1 Å². The SMILES string of the molecule is COc1cc(OC)c(Cl)c(-c2ccc(OC(=O)Nc3ccc(CN4CCN(CCO)CC4)cn3)c3nccnc23)c1Cl. The number of methoxy groups -OCH3 is 2. The van der Waals surface area contributed by atoms with Gasteiger partial charge in [0.1, 0.15) is 28.4 Å². The maximum atomic E-state index is 12.8. The summed E-state index contributed by atoms with van der Waals surface area (Å²) in [7, 11) is 2.99. The average Bonchev–Trinajstić information content (AvgIpc) is 3.00. The number of β-amino-alcohol motifs (C(OH)–C–C–N with tert-alkyl or cyclic N) is 1. The highest BCUT2D eigenvalue weighted by molar-refractivity contribution is 6.41. The van der Waals surface area contributed by atoms with Crippen LogP contribution < -0.4 is 19.5 Å². The summed E-state index contributed by atoms with van der Waals surface area (Å²) in [6, 6.07) is 8.56. The number of hydrogen-bond acceptors (Lipinski definition) is 10. The third-order valence-corrected chi connectivity index (χ3v) is 7.73. The summed E-state index contributed by atoms with van der Waals surface area (Å²) in [4.78, 5) is 30.6. The predicted octanol–water partition coefficient (Wildman–Crippen LogP) is 4.74. The number of aliphatic hydroxyl groups excluding tert-OH is 1. The first kappa shape index (κ1) is 29.7. The van der Waals surface area contributed by atoms with Crippen LogP contribution in [0.15, 0.2) is 48.9 Å². The molecule has 0 saturated carbocycles. The Balaban J connectivity index is 1.30. The first-order chi connectivity index (χ1) is 20.4. The molecule has 1 saturated heterocycles. The Morgan fingerprint density at radius 3 is 2.19 bits per heavy atom. The van der Waals surface area contributed by atoms with Gasteiger partial charge in [-0.2, -0.15) is 0 Å². The Bertz CT molecular complexity index is 1540. The first-order valence-corrected chi connectivity index (χ1v) is 14.0. The minimum absolute atomic E-state index is 0.179. The highest BCUT2D eigenvalue weighted by Crippen LogP contribution is 2.47. The van der Waals surface area contributed by atoms with E-state index in [1.165, 1.54) is 26.6 Å². The average molecular weight is 614 g/mol. The number of nitrogens with zero attached hydrogens (tertiary/aromatic N) is 5. The van der Waals surface area contributed by atoms with E-state index < -0.39 is 6.09 Å². The van der Waals surface area contributed by atoms with Crippen molar-refractivity contribution in [1.82, 2.24) is 24.8 Å². The summed E-state index contributed by atoms with van der Waals surface area (Å²) < 4.78 is 16.4. The molecule has 1 amide bonds. The molecule has 1 fully saturated rings. The molecule has 4 aromatic rings. The molecule has 2 aromatic carbocycles. The Labute approximate surface area is 253 Å². The van der Waals surface area contributed by atoms with Crippen LogP contribution in [0.2, 0.25) is 10.0 Å². The molecule has 220 valence electrons. The standard InChI is InChI=1S/C29H30Cl2N6O5/c1-40-21-15-22(41-2)26(31)24(25(21)30)19-4-5-20(28-27(19)32-7-8-33-28)42-29(39)35-23-6-3-18(16-34-23)17-37-11-9-36(10-12-37)13-14-38/h3-8,15-16,38H,9-14,17H2,1-2H3,(H,34,35,39). The number of rotatable bonds is 9. The zero-order valence-corrected chi connectivity index (χ0v) is 24.7. The Kier molecular flexibility index (Phi) is 9.55. The lowest BCUT2D eigenvalue weighted by Gasteiger charge is -2.34. The number of ether oxygens (including phenoxy) is 3. The van der Waals surface area contributed by atoms with E-state index in [0.717, 1.165) is 38.3 Å². The molecule has 1 aliphatic heterocycles. The van der Waals surface area contributed by atoms with Crippen LogP contribution in [-0.4, -0.2) is 89.5 Å². The number of hydrogen-bond donors (Lipinski definition) is 2. The smallest absolute Gasteiger partial charge is 0.418 e. The second-order valence-corrected chi connectivity index (χ2v) is 10.3. The minimum Gasteiger partial charge on any atom is -0.495 e. The highest BCUT2D eigenvalue weighted by atomic mass is 35.5. The normalized spacial score (nSPS) is 14.1. The van der Waals surface area contributed by atoms with Crippen molar-refractivity contribution in [1.29, 1.82) is 0 Å². The minimum atomic E-state index is -0.728. The van der Waals surface area contributed by atoms with Gasteiger partial charge in [-0.3, -0.25) is 20.1 Å². The summed E-state index contributed by atoms with van der Waals surface area (Å²) >= 11 is 13.3. The molecule has 5 rings (SSSR count). The number of fused-ring (bicyclic) bond motifs is 1. The van der Waals surface area contributed by atoms with E-state index in [9.17, 15) is 4.79 Å². The number of nitrogens with one attached hydrogen (secondary N) is 1. The van der Waals surface area contributed by atoms with Gasteiger partial charge in [-0.05, 0) is 23.8 Å². The Hall–Kier alpha value is -3.74. The number of halogens is 2. The number of piperazine rings is 1. The molecule has 0 radical (unpaired) electrons. The van der Waals surface area contributed by atoms with Crippen LogP contribution in [0.5, 0.6) is 17.2 Å². The maximum Gasteiger partial charge on any atom is 0.418 e. The van der Waals surface area contributed by atoms with E-state index in [-0.39, 0.29) is 22.4 Å². The second-order valence-electron chi connectivity index (χ2n) is 9.56. The fraction of sp³-hybridized carbons (Fsp3) is 0.310. The van der Waals surface area contributed by atoms with Gasteiger partial charge >= 0.3 is 6.09 Å². The Morgan fingerprint density at radius 2 is 1.57 bits per heavy atom. The zero-order chi connectivity index (χ0) is 29.6. The molecule has 0 atom stereocenters. The molecule has 0 unspecified atom stereocenters. The van der Waals surface area contributed by atoms with E-state index in [4.69, 9.17) is 42.5 Å². The van der Waals surface area contributed by atoms with Gasteiger partial charge < -0.3 is 19.3 Å². The van der Waals surface area contributed by atoms with Crippen molar-refractivity contribution in [3.8, 4) is 28.4 Å². The van der Waals surface area contributed by atoms with Crippen molar-refractivity contribution >= 4 is 46.1 Å².